The zero-order valence-corrected chi connectivity index (χ0v) is 13.3. The standard InChI is InChI=1S/C13H24N4.2ClH/c1-2-9-16(13-4-7-14-8-5-13)11-12-17-10-3-6-15-17;;/h3,6,10,13-14H,2,4-5,7-9,11-12H2,1H3;2*1H. The van der Waals surface area contributed by atoms with Gasteiger partial charge in [0.25, 0.3) is 0 Å². The van der Waals surface area contributed by atoms with Crippen LogP contribution in [0.2, 0.25) is 0 Å². The Balaban J connectivity index is 0.00000162. The molecule has 0 spiro atoms. The van der Waals surface area contributed by atoms with Gasteiger partial charge in [-0.15, -0.1) is 24.8 Å². The predicted molar refractivity (Wildman–Crippen MR) is 84.5 cm³/mol. The number of halogens is 2. The molecule has 0 saturated carbocycles. The van der Waals surface area contributed by atoms with Gasteiger partial charge >= 0.3 is 0 Å². The second-order valence-corrected chi connectivity index (χ2v) is 4.79. The number of nitrogens with one attached hydrogen (secondary N) is 1. The smallest absolute Gasteiger partial charge is 0.0536 e. The molecule has 1 aromatic heterocycles. The first kappa shape index (κ1) is 18.7. The maximum atomic E-state index is 4.27. The number of aromatic nitrogens is 2. The van der Waals surface area contributed by atoms with Gasteiger partial charge in [-0.2, -0.15) is 5.10 Å². The van der Waals surface area contributed by atoms with Gasteiger partial charge in [0.1, 0.15) is 0 Å². The molecule has 1 aromatic rings. The summed E-state index contributed by atoms with van der Waals surface area (Å²) in [5.74, 6) is 0. The summed E-state index contributed by atoms with van der Waals surface area (Å²) in [6, 6.07) is 2.76. The first-order chi connectivity index (χ1) is 8.40. The van der Waals surface area contributed by atoms with E-state index in [1.165, 1.54) is 38.9 Å². The second kappa shape index (κ2) is 10.5. The van der Waals surface area contributed by atoms with Crippen molar-refractivity contribution < 1.29 is 0 Å². The lowest BCUT2D eigenvalue weighted by Crippen LogP contribution is -2.44. The Kier molecular flexibility index (Phi) is 10.3. The maximum Gasteiger partial charge on any atom is 0.0536 e. The van der Waals surface area contributed by atoms with E-state index in [1.807, 2.05) is 23.1 Å². The van der Waals surface area contributed by atoms with E-state index in [1.54, 1.807) is 0 Å². The van der Waals surface area contributed by atoms with Crippen LogP contribution in [0, 0.1) is 0 Å². The predicted octanol–water partition coefficient (Wildman–Crippen LogP) is 2.19. The molecular formula is C13H26Cl2N4. The topological polar surface area (TPSA) is 33.1 Å². The zero-order chi connectivity index (χ0) is 11.9. The van der Waals surface area contributed by atoms with Crippen LogP contribution in [0.5, 0.6) is 0 Å². The first-order valence-corrected chi connectivity index (χ1v) is 6.82. The zero-order valence-electron chi connectivity index (χ0n) is 11.6. The summed E-state index contributed by atoms with van der Waals surface area (Å²) in [6.07, 6.45) is 7.72. The van der Waals surface area contributed by atoms with Gasteiger partial charge in [-0.25, -0.2) is 0 Å². The molecular weight excluding hydrogens is 283 g/mol. The van der Waals surface area contributed by atoms with Crippen molar-refractivity contribution in [2.45, 2.75) is 38.8 Å². The lowest BCUT2D eigenvalue weighted by Gasteiger charge is -2.34. The van der Waals surface area contributed by atoms with E-state index in [9.17, 15) is 0 Å². The average Bonchev–Trinajstić information content (AvgIpc) is 2.88. The summed E-state index contributed by atoms with van der Waals surface area (Å²) < 4.78 is 2.03. The van der Waals surface area contributed by atoms with Gasteiger partial charge in [-0.3, -0.25) is 9.58 Å². The van der Waals surface area contributed by atoms with E-state index in [0.717, 1.165) is 19.1 Å². The third-order valence-corrected chi connectivity index (χ3v) is 3.51. The second-order valence-electron chi connectivity index (χ2n) is 4.79. The van der Waals surface area contributed by atoms with E-state index >= 15 is 0 Å². The third-order valence-electron chi connectivity index (χ3n) is 3.51. The van der Waals surface area contributed by atoms with Crippen LogP contribution < -0.4 is 5.32 Å². The molecule has 19 heavy (non-hydrogen) atoms. The van der Waals surface area contributed by atoms with Crippen molar-refractivity contribution in [3.63, 3.8) is 0 Å². The Labute approximate surface area is 128 Å². The lowest BCUT2D eigenvalue weighted by atomic mass is 10.0. The van der Waals surface area contributed by atoms with Crippen molar-refractivity contribution >= 4 is 24.8 Å². The van der Waals surface area contributed by atoms with E-state index in [2.05, 4.69) is 22.2 Å². The van der Waals surface area contributed by atoms with Crippen molar-refractivity contribution in [1.82, 2.24) is 20.0 Å². The SMILES string of the molecule is CCCN(CCn1cccn1)C1CCNCC1.Cl.Cl. The Morgan fingerprint density at radius 3 is 2.58 bits per heavy atom. The van der Waals surface area contributed by atoms with Crippen molar-refractivity contribution in [2.24, 2.45) is 0 Å². The lowest BCUT2D eigenvalue weighted by molar-refractivity contribution is 0.154. The van der Waals surface area contributed by atoms with Crippen LogP contribution >= 0.6 is 24.8 Å². The highest BCUT2D eigenvalue weighted by molar-refractivity contribution is 5.85. The average molecular weight is 309 g/mol. The van der Waals surface area contributed by atoms with Gasteiger partial charge in [0.2, 0.25) is 0 Å². The fraction of sp³-hybridized carbons (Fsp3) is 0.769. The molecule has 2 rings (SSSR count). The molecule has 0 radical (unpaired) electrons. The Hall–Kier alpha value is -0.290. The monoisotopic (exact) mass is 308 g/mol. The van der Waals surface area contributed by atoms with Crippen LogP contribution in [0.4, 0.5) is 0 Å². The summed E-state index contributed by atoms with van der Waals surface area (Å²) in [7, 11) is 0. The molecule has 1 aliphatic rings. The Bertz CT molecular complexity index is 300. The van der Waals surface area contributed by atoms with E-state index in [-0.39, 0.29) is 24.8 Å². The van der Waals surface area contributed by atoms with Crippen molar-refractivity contribution in [2.75, 3.05) is 26.2 Å². The van der Waals surface area contributed by atoms with Gasteiger partial charge in [0.15, 0.2) is 0 Å². The summed E-state index contributed by atoms with van der Waals surface area (Å²) in [6.45, 7) is 7.96. The molecule has 2 heterocycles. The molecule has 0 unspecified atom stereocenters. The molecule has 0 bridgehead atoms. The van der Waals surface area contributed by atoms with E-state index in [4.69, 9.17) is 0 Å². The Morgan fingerprint density at radius 1 is 1.26 bits per heavy atom. The molecule has 0 aromatic carbocycles. The fourth-order valence-electron chi connectivity index (χ4n) is 2.60. The number of piperidine rings is 1. The minimum absolute atomic E-state index is 0. The number of nitrogens with zero attached hydrogens (tertiary/aromatic N) is 3. The molecule has 4 nitrogen and oxygen atoms in total. The minimum atomic E-state index is 0. The van der Waals surface area contributed by atoms with Crippen LogP contribution in [0.3, 0.4) is 0 Å². The third kappa shape index (κ3) is 6.13. The summed E-state index contributed by atoms with van der Waals surface area (Å²) in [4.78, 5) is 2.64. The van der Waals surface area contributed by atoms with E-state index in [0.29, 0.717) is 0 Å². The fourth-order valence-corrected chi connectivity index (χ4v) is 2.60. The molecule has 1 fully saturated rings. The van der Waals surface area contributed by atoms with Gasteiger partial charge in [0, 0.05) is 25.0 Å². The Morgan fingerprint density at radius 2 is 2.00 bits per heavy atom. The minimum Gasteiger partial charge on any atom is -0.317 e. The molecule has 0 aliphatic carbocycles. The van der Waals surface area contributed by atoms with Gasteiger partial charge in [-0.05, 0) is 45.0 Å². The van der Waals surface area contributed by atoms with Gasteiger partial charge in [-0.1, -0.05) is 6.92 Å². The molecule has 0 atom stereocenters. The molecule has 0 amide bonds. The highest BCUT2D eigenvalue weighted by Crippen LogP contribution is 2.12. The molecule has 1 N–H and O–H groups in total. The molecule has 1 saturated heterocycles. The van der Waals surface area contributed by atoms with Crippen LogP contribution in [0.15, 0.2) is 18.5 Å². The quantitative estimate of drug-likeness (QED) is 0.874. The summed E-state index contributed by atoms with van der Waals surface area (Å²) >= 11 is 0. The van der Waals surface area contributed by atoms with Gasteiger partial charge < -0.3 is 5.32 Å². The first-order valence-electron chi connectivity index (χ1n) is 6.82. The normalized spacial score (nSPS) is 15.9. The molecule has 1 aliphatic heterocycles. The van der Waals surface area contributed by atoms with Crippen LogP contribution in [-0.4, -0.2) is 46.9 Å². The highest BCUT2D eigenvalue weighted by atomic mass is 35.5. The number of hydrogen-bond donors (Lipinski definition) is 1. The number of hydrogen-bond acceptors (Lipinski definition) is 3. The molecule has 112 valence electrons. The van der Waals surface area contributed by atoms with Gasteiger partial charge in [0.05, 0.1) is 6.54 Å². The van der Waals surface area contributed by atoms with Crippen molar-refractivity contribution in [3.8, 4) is 0 Å². The highest BCUT2D eigenvalue weighted by Gasteiger charge is 2.19. The maximum absolute atomic E-state index is 4.27. The van der Waals surface area contributed by atoms with Crippen LogP contribution in [0.25, 0.3) is 0 Å². The summed E-state index contributed by atoms with van der Waals surface area (Å²) in [5, 5.41) is 7.71. The van der Waals surface area contributed by atoms with Crippen molar-refractivity contribution in [3.05, 3.63) is 18.5 Å². The molecule has 6 heteroatoms. The van der Waals surface area contributed by atoms with Crippen molar-refractivity contribution in [1.29, 1.82) is 0 Å². The van der Waals surface area contributed by atoms with E-state index < -0.39 is 0 Å². The van der Waals surface area contributed by atoms with Crippen LogP contribution in [0.1, 0.15) is 26.2 Å². The largest absolute Gasteiger partial charge is 0.317 e. The van der Waals surface area contributed by atoms with Crippen LogP contribution in [-0.2, 0) is 6.54 Å². The number of rotatable bonds is 6. The summed E-state index contributed by atoms with van der Waals surface area (Å²) in [5.41, 5.74) is 0.